The third-order valence-corrected chi connectivity index (χ3v) is 3.25. The van der Waals surface area contributed by atoms with Gasteiger partial charge < -0.3 is 9.15 Å². The second-order valence-electron chi connectivity index (χ2n) is 4.56. The van der Waals surface area contributed by atoms with E-state index in [1.165, 1.54) is 0 Å². The maximum atomic E-state index is 5.85. The normalized spacial score (nSPS) is 10.6. The van der Waals surface area contributed by atoms with Crippen molar-refractivity contribution in [2.45, 2.75) is 13.5 Å². The van der Waals surface area contributed by atoms with Crippen molar-refractivity contribution < 1.29 is 9.15 Å². The molecule has 4 nitrogen and oxygen atoms in total. The lowest BCUT2D eigenvalue weighted by Crippen LogP contribution is -1.97. The Labute approximate surface area is 127 Å². The topological polar surface area (TPSA) is 48.2 Å². The summed E-state index contributed by atoms with van der Waals surface area (Å²) in [6.07, 6.45) is 0. The maximum Gasteiger partial charge on any atom is 0.254 e. The minimum Gasteiger partial charge on any atom is -0.484 e. The molecule has 0 spiro atoms. The average molecular weight is 301 g/mol. The van der Waals surface area contributed by atoms with Crippen molar-refractivity contribution in [3.05, 3.63) is 65.0 Å². The number of halogens is 1. The molecule has 0 N–H and O–H groups in total. The van der Waals surface area contributed by atoms with E-state index in [0.29, 0.717) is 16.8 Å². The van der Waals surface area contributed by atoms with Crippen molar-refractivity contribution in [2.24, 2.45) is 0 Å². The van der Waals surface area contributed by atoms with Crippen LogP contribution in [-0.2, 0) is 6.61 Å². The molecule has 106 valence electrons. The van der Waals surface area contributed by atoms with Gasteiger partial charge in [0.1, 0.15) is 5.75 Å². The molecule has 0 amide bonds. The van der Waals surface area contributed by atoms with E-state index < -0.39 is 0 Å². The molecule has 0 saturated heterocycles. The van der Waals surface area contributed by atoms with Gasteiger partial charge in [0.05, 0.1) is 0 Å². The molecule has 3 aromatic rings. The van der Waals surface area contributed by atoms with Crippen molar-refractivity contribution in [2.75, 3.05) is 0 Å². The zero-order chi connectivity index (χ0) is 14.7. The Hall–Kier alpha value is -2.33. The third-order valence-electron chi connectivity index (χ3n) is 3.00. The first-order valence-electron chi connectivity index (χ1n) is 6.49. The van der Waals surface area contributed by atoms with Crippen LogP contribution in [0.3, 0.4) is 0 Å². The Kier molecular flexibility index (Phi) is 3.88. The molecule has 0 atom stereocenters. The SMILES string of the molecule is Cc1ccccc1OCc1nnc(-c2ccc(Cl)cc2)o1. The number of nitrogens with zero attached hydrogens (tertiary/aromatic N) is 2. The number of aryl methyl sites for hydroxylation is 1. The van der Waals surface area contributed by atoms with Crippen LogP contribution in [0, 0.1) is 6.92 Å². The molecule has 0 fully saturated rings. The van der Waals surface area contributed by atoms with Crippen LogP contribution in [0.2, 0.25) is 5.02 Å². The molecule has 1 heterocycles. The van der Waals surface area contributed by atoms with Gasteiger partial charge in [-0.25, -0.2) is 0 Å². The van der Waals surface area contributed by atoms with E-state index in [1.54, 1.807) is 12.1 Å². The van der Waals surface area contributed by atoms with Gasteiger partial charge in [0.15, 0.2) is 6.61 Å². The lowest BCUT2D eigenvalue weighted by Gasteiger charge is -2.05. The fraction of sp³-hybridized carbons (Fsp3) is 0.125. The average Bonchev–Trinajstić information content (AvgIpc) is 2.96. The Morgan fingerprint density at radius 1 is 1.05 bits per heavy atom. The summed E-state index contributed by atoms with van der Waals surface area (Å²) < 4.78 is 11.3. The number of rotatable bonds is 4. The van der Waals surface area contributed by atoms with E-state index in [0.717, 1.165) is 16.9 Å². The second kappa shape index (κ2) is 5.97. The standard InChI is InChI=1S/C16H13ClN2O2/c1-11-4-2-3-5-14(11)20-10-15-18-19-16(21-15)12-6-8-13(17)9-7-12/h2-9H,10H2,1H3. The fourth-order valence-electron chi connectivity index (χ4n) is 1.88. The number of hydrogen-bond acceptors (Lipinski definition) is 4. The van der Waals surface area contributed by atoms with E-state index in [2.05, 4.69) is 10.2 Å². The van der Waals surface area contributed by atoms with Crippen LogP contribution >= 0.6 is 11.6 Å². The molecule has 5 heteroatoms. The highest BCUT2D eigenvalue weighted by molar-refractivity contribution is 6.30. The van der Waals surface area contributed by atoms with Crippen molar-refractivity contribution in [1.29, 1.82) is 0 Å². The molecule has 0 radical (unpaired) electrons. The molecule has 0 unspecified atom stereocenters. The summed E-state index contributed by atoms with van der Waals surface area (Å²) in [5, 5.41) is 8.66. The highest BCUT2D eigenvalue weighted by atomic mass is 35.5. The van der Waals surface area contributed by atoms with Crippen molar-refractivity contribution in [3.63, 3.8) is 0 Å². The lowest BCUT2D eigenvalue weighted by atomic mass is 10.2. The highest BCUT2D eigenvalue weighted by Gasteiger charge is 2.09. The van der Waals surface area contributed by atoms with Gasteiger partial charge in [0, 0.05) is 10.6 Å². The van der Waals surface area contributed by atoms with Crippen LogP contribution in [0.4, 0.5) is 0 Å². The van der Waals surface area contributed by atoms with Crippen LogP contribution in [0.5, 0.6) is 5.75 Å². The Morgan fingerprint density at radius 3 is 2.57 bits per heavy atom. The van der Waals surface area contributed by atoms with E-state index >= 15 is 0 Å². The Morgan fingerprint density at radius 2 is 1.81 bits per heavy atom. The number of aromatic nitrogens is 2. The van der Waals surface area contributed by atoms with E-state index in [9.17, 15) is 0 Å². The molecule has 21 heavy (non-hydrogen) atoms. The summed E-state index contributed by atoms with van der Waals surface area (Å²) in [6.45, 7) is 2.23. The second-order valence-corrected chi connectivity index (χ2v) is 5.00. The summed E-state index contributed by atoms with van der Waals surface area (Å²) in [5.74, 6) is 1.70. The summed E-state index contributed by atoms with van der Waals surface area (Å²) in [5.41, 5.74) is 1.89. The molecule has 1 aromatic heterocycles. The molecule has 3 rings (SSSR count). The maximum absolute atomic E-state index is 5.85. The summed E-state index contributed by atoms with van der Waals surface area (Å²) in [4.78, 5) is 0. The molecule has 0 saturated carbocycles. The molecule has 2 aromatic carbocycles. The lowest BCUT2D eigenvalue weighted by molar-refractivity contribution is 0.263. The minimum atomic E-state index is 0.242. The molecular weight excluding hydrogens is 288 g/mol. The highest BCUT2D eigenvalue weighted by Crippen LogP contribution is 2.21. The van der Waals surface area contributed by atoms with Gasteiger partial charge in [-0.05, 0) is 42.8 Å². The smallest absolute Gasteiger partial charge is 0.254 e. The zero-order valence-electron chi connectivity index (χ0n) is 11.4. The van der Waals surface area contributed by atoms with Gasteiger partial charge in [-0.2, -0.15) is 0 Å². The fourth-order valence-corrected chi connectivity index (χ4v) is 2.00. The van der Waals surface area contributed by atoms with Gasteiger partial charge in [-0.1, -0.05) is 29.8 Å². The first-order valence-corrected chi connectivity index (χ1v) is 6.87. The minimum absolute atomic E-state index is 0.242. The van der Waals surface area contributed by atoms with Crippen molar-refractivity contribution >= 4 is 11.6 Å². The van der Waals surface area contributed by atoms with Gasteiger partial charge in [-0.3, -0.25) is 0 Å². The molecule has 0 aliphatic heterocycles. The van der Waals surface area contributed by atoms with Crippen LogP contribution in [-0.4, -0.2) is 10.2 Å². The monoisotopic (exact) mass is 300 g/mol. The Balaban J connectivity index is 1.71. The number of benzene rings is 2. The van der Waals surface area contributed by atoms with Crippen LogP contribution in [0.15, 0.2) is 52.9 Å². The van der Waals surface area contributed by atoms with E-state index in [-0.39, 0.29) is 6.61 Å². The third kappa shape index (κ3) is 3.23. The van der Waals surface area contributed by atoms with Crippen molar-refractivity contribution in [1.82, 2.24) is 10.2 Å². The molecule has 0 aliphatic rings. The Bertz CT molecular complexity index is 738. The van der Waals surface area contributed by atoms with Crippen molar-refractivity contribution in [3.8, 4) is 17.2 Å². The summed E-state index contributed by atoms with van der Waals surface area (Å²) in [6, 6.07) is 15.0. The molecule has 0 aliphatic carbocycles. The van der Waals surface area contributed by atoms with Gasteiger partial charge >= 0.3 is 0 Å². The molecule has 0 bridgehead atoms. The first kappa shape index (κ1) is 13.6. The largest absolute Gasteiger partial charge is 0.484 e. The number of para-hydroxylation sites is 1. The van der Waals surface area contributed by atoms with Gasteiger partial charge in [-0.15, -0.1) is 10.2 Å². The number of hydrogen-bond donors (Lipinski definition) is 0. The predicted molar refractivity (Wildman–Crippen MR) is 80.3 cm³/mol. The van der Waals surface area contributed by atoms with E-state index in [1.807, 2.05) is 43.3 Å². The van der Waals surface area contributed by atoms with Gasteiger partial charge in [0.2, 0.25) is 5.89 Å². The van der Waals surface area contributed by atoms with E-state index in [4.69, 9.17) is 20.8 Å². The van der Waals surface area contributed by atoms with Crippen LogP contribution in [0.1, 0.15) is 11.5 Å². The summed E-state index contributed by atoms with van der Waals surface area (Å²) in [7, 11) is 0. The van der Waals surface area contributed by atoms with Crippen LogP contribution < -0.4 is 4.74 Å². The van der Waals surface area contributed by atoms with Gasteiger partial charge in [0.25, 0.3) is 5.89 Å². The summed E-state index contributed by atoms with van der Waals surface area (Å²) >= 11 is 5.85. The van der Waals surface area contributed by atoms with Crippen LogP contribution in [0.25, 0.3) is 11.5 Å². The predicted octanol–water partition coefficient (Wildman–Crippen LogP) is 4.28. The number of ether oxygens (including phenoxy) is 1. The quantitative estimate of drug-likeness (QED) is 0.721. The zero-order valence-corrected chi connectivity index (χ0v) is 12.2. The molecular formula is C16H13ClN2O2. The first-order chi connectivity index (χ1) is 10.2.